The molecule has 3 atom stereocenters. The fourth-order valence-corrected chi connectivity index (χ4v) is 2.61. The summed E-state index contributed by atoms with van der Waals surface area (Å²) >= 11 is 0. The molecule has 0 unspecified atom stereocenters. The van der Waals surface area contributed by atoms with Crippen LogP contribution >= 0.6 is 12.4 Å². The zero-order valence-corrected chi connectivity index (χ0v) is 12.8. The summed E-state index contributed by atoms with van der Waals surface area (Å²) in [4.78, 5) is 14.0. The average Bonchev–Trinajstić information content (AvgIpc) is 2.71. The second-order valence-electron chi connectivity index (χ2n) is 5.58. The van der Waals surface area contributed by atoms with Crippen molar-refractivity contribution in [3.8, 4) is 0 Å². The van der Waals surface area contributed by atoms with Crippen molar-refractivity contribution in [2.75, 3.05) is 7.05 Å². The lowest BCUT2D eigenvalue weighted by molar-refractivity contribution is -0.134. The molecule has 3 N–H and O–H groups in total. The maximum Gasteiger partial charge on any atom is 0.225 e. The topological polar surface area (TPSA) is 66.6 Å². The number of hydrogen-bond donors (Lipinski definition) is 2. The summed E-state index contributed by atoms with van der Waals surface area (Å²) in [6, 6.07) is 7.90. The Morgan fingerprint density at radius 3 is 2.45 bits per heavy atom. The van der Waals surface area contributed by atoms with E-state index in [1.54, 1.807) is 11.9 Å². The van der Waals surface area contributed by atoms with Gasteiger partial charge in [0.1, 0.15) is 0 Å². The smallest absolute Gasteiger partial charge is 0.225 e. The molecule has 112 valence electrons. The van der Waals surface area contributed by atoms with Crippen LogP contribution in [0.1, 0.15) is 24.0 Å². The first-order chi connectivity index (χ1) is 8.97. The summed E-state index contributed by atoms with van der Waals surface area (Å²) in [5.41, 5.74) is 8.08. The van der Waals surface area contributed by atoms with E-state index in [0.29, 0.717) is 19.4 Å². The number of carbonyl (C=O) groups is 1. The van der Waals surface area contributed by atoms with Crippen LogP contribution in [-0.2, 0) is 11.3 Å². The Bertz CT molecular complexity index is 440. The van der Waals surface area contributed by atoms with Crippen LogP contribution in [0.25, 0.3) is 0 Å². The quantitative estimate of drug-likeness (QED) is 0.888. The Balaban J connectivity index is 0.00000200. The minimum Gasteiger partial charge on any atom is -0.391 e. The number of aliphatic hydroxyl groups excluding tert-OH is 1. The Kier molecular flexibility index (Phi) is 5.99. The fraction of sp³-hybridized carbons (Fsp3) is 0.533. The van der Waals surface area contributed by atoms with Crippen molar-refractivity contribution in [1.29, 1.82) is 0 Å². The third kappa shape index (κ3) is 3.95. The molecule has 1 fully saturated rings. The summed E-state index contributed by atoms with van der Waals surface area (Å²) in [6.07, 6.45) is 0.526. The van der Waals surface area contributed by atoms with E-state index in [9.17, 15) is 9.90 Å². The lowest BCUT2D eigenvalue weighted by Crippen LogP contribution is -2.32. The van der Waals surface area contributed by atoms with Crippen LogP contribution < -0.4 is 5.73 Å². The Morgan fingerprint density at radius 1 is 1.35 bits per heavy atom. The van der Waals surface area contributed by atoms with Gasteiger partial charge < -0.3 is 15.7 Å². The Hall–Kier alpha value is -1.10. The molecule has 0 bridgehead atoms. The van der Waals surface area contributed by atoms with Gasteiger partial charge in [0.25, 0.3) is 0 Å². The summed E-state index contributed by atoms with van der Waals surface area (Å²) in [5.74, 6) is -0.0620. The predicted octanol–water partition coefficient (Wildman–Crippen LogP) is 1.47. The molecule has 1 amide bonds. The molecule has 0 heterocycles. The molecular formula is C15H23ClN2O2. The number of amides is 1. The number of benzene rings is 1. The number of rotatable bonds is 3. The largest absolute Gasteiger partial charge is 0.391 e. The number of hydrogen-bond acceptors (Lipinski definition) is 3. The van der Waals surface area contributed by atoms with Crippen LogP contribution in [0.2, 0.25) is 0 Å². The van der Waals surface area contributed by atoms with Crippen molar-refractivity contribution in [2.45, 2.75) is 38.5 Å². The summed E-state index contributed by atoms with van der Waals surface area (Å²) < 4.78 is 0. The van der Waals surface area contributed by atoms with Crippen LogP contribution in [0.3, 0.4) is 0 Å². The number of nitrogens with two attached hydrogens (primary N) is 1. The lowest BCUT2D eigenvalue weighted by atomic mass is 10.1. The molecule has 1 aromatic rings. The molecular weight excluding hydrogens is 276 g/mol. The first-order valence-electron chi connectivity index (χ1n) is 6.71. The zero-order chi connectivity index (χ0) is 14.0. The van der Waals surface area contributed by atoms with Gasteiger partial charge in [-0.3, -0.25) is 4.79 Å². The van der Waals surface area contributed by atoms with Gasteiger partial charge >= 0.3 is 0 Å². The second kappa shape index (κ2) is 7.07. The van der Waals surface area contributed by atoms with Gasteiger partial charge in [0.15, 0.2) is 0 Å². The highest BCUT2D eigenvalue weighted by Gasteiger charge is 2.35. The molecule has 1 aliphatic rings. The van der Waals surface area contributed by atoms with Crippen molar-refractivity contribution in [1.82, 2.24) is 4.90 Å². The van der Waals surface area contributed by atoms with Crippen molar-refractivity contribution < 1.29 is 9.90 Å². The summed E-state index contributed by atoms with van der Waals surface area (Å²) in [5, 5.41) is 9.62. The van der Waals surface area contributed by atoms with Gasteiger partial charge in [-0.1, -0.05) is 29.8 Å². The van der Waals surface area contributed by atoms with Crippen LogP contribution in [0, 0.1) is 12.8 Å². The molecule has 0 aliphatic heterocycles. The van der Waals surface area contributed by atoms with Gasteiger partial charge in [-0.2, -0.15) is 0 Å². The molecule has 1 aliphatic carbocycles. The molecule has 1 saturated carbocycles. The highest BCUT2D eigenvalue weighted by molar-refractivity contribution is 5.85. The van der Waals surface area contributed by atoms with Gasteiger partial charge in [0.2, 0.25) is 5.91 Å². The number of nitrogens with zero attached hydrogens (tertiary/aromatic N) is 1. The van der Waals surface area contributed by atoms with Gasteiger partial charge in [0, 0.05) is 25.6 Å². The van der Waals surface area contributed by atoms with Crippen LogP contribution in [0.4, 0.5) is 0 Å². The predicted molar refractivity (Wildman–Crippen MR) is 81.6 cm³/mol. The normalized spacial score (nSPS) is 25.1. The molecule has 0 saturated heterocycles. The minimum absolute atomic E-state index is 0. The molecule has 0 aromatic heterocycles. The van der Waals surface area contributed by atoms with E-state index < -0.39 is 6.10 Å². The van der Waals surface area contributed by atoms with Crippen LogP contribution in [-0.4, -0.2) is 35.1 Å². The average molecular weight is 299 g/mol. The molecule has 0 radical (unpaired) electrons. The maximum absolute atomic E-state index is 12.3. The van der Waals surface area contributed by atoms with E-state index in [1.165, 1.54) is 5.56 Å². The van der Waals surface area contributed by atoms with Gasteiger partial charge in [-0.05, 0) is 25.3 Å². The number of aliphatic hydroxyl groups is 1. The second-order valence-corrected chi connectivity index (χ2v) is 5.58. The van der Waals surface area contributed by atoms with Gasteiger partial charge in [-0.25, -0.2) is 0 Å². The third-order valence-electron chi connectivity index (χ3n) is 3.84. The zero-order valence-electron chi connectivity index (χ0n) is 12.0. The van der Waals surface area contributed by atoms with E-state index in [2.05, 4.69) is 0 Å². The summed E-state index contributed by atoms with van der Waals surface area (Å²) in [6.45, 7) is 2.64. The van der Waals surface area contributed by atoms with E-state index in [-0.39, 0.29) is 30.3 Å². The number of carbonyl (C=O) groups excluding carboxylic acids is 1. The molecule has 20 heavy (non-hydrogen) atoms. The monoisotopic (exact) mass is 298 g/mol. The first-order valence-corrected chi connectivity index (χ1v) is 6.71. The third-order valence-corrected chi connectivity index (χ3v) is 3.84. The van der Waals surface area contributed by atoms with Gasteiger partial charge in [0.05, 0.1) is 6.10 Å². The van der Waals surface area contributed by atoms with Crippen molar-refractivity contribution in [3.63, 3.8) is 0 Å². The Labute approximate surface area is 126 Å². The standard InChI is InChI=1S/C15H22N2O2.ClH/c1-10-3-5-11(6-4-10)9-17(2)15(19)12-7-13(16)14(18)8-12;/h3-6,12-14,18H,7-9,16H2,1-2H3;1H/t12-,13-,14-;/m0./s1. The van der Waals surface area contributed by atoms with Crippen molar-refractivity contribution >= 4 is 18.3 Å². The van der Waals surface area contributed by atoms with E-state index >= 15 is 0 Å². The van der Waals surface area contributed by atoms with E-state index in [1.807, 2.05) is 31.2 Å². The van der Waals surface area contributed by atoms with Crippen molar-refractivity contribution in [3.05, 3.63) is 35.4 Å². The van der Waals surface area contributed by atoms with Gasteiger partial charge in [-0.15, -0.1) is 12.4 Å². The number of halogens is 1. The van der Waals surface area contributed by atoms with E-state index in [4.69, 9.17) is 5.73 Å². The van der Waals surface area contributed by atoms with E-state index in [0.717, 1.165) is 5.56 Å². The molecule has 0 spiro atoms. The van der Waals surface area contributed by atoms with Crippen LogP contribution in [0.15, 0.2) is 24.3 Å². The molecule has 1 aromatic carbocycles. The fourth-order valence-electron chi connectivity index (χ4n) is 2.61. The highest BCUT2D eigenvalue weighted by Crippen LogP contribution is 2.26. The lowest BCUT2D eigenvalue weighted by Gasteiger charge is -2.21. The summed E-state index contributed by atoms with van der Waals surface area (Å²) in [7, 11) is 1.80. The Morgan fingerprint density at radius 2 is 1.95 bits per heavy atom. The molecule has 5 heteroatoms. The highest BCUT2D eigenvalue weighted by atomic mass is 35.5. The number of aryl methyl sites for hydroxylation is 1. The van der Waals surface area contributed by atoms with Crippen molar-refractivity contribution in [2.24, 2.45) is 11.7 Å². The molecule has 4 nitrogen and oxygen atoms in total. The first kappa shape index (κ1) is 17.0. The maximum atomic E-state index is 12.3. The molecule has 2 rings (SSSR count). The SMILES string of the molecule is Cc1ccc(CN(C)C(=O)[C@H]2C[C@H](N)[C@@H](O)C2)cc1.Cl. The van der Waals surface area contributed by atoms with Crippen LogP contribution in [0.5, 0.6) is 0 Å². The minimum atomic E-state index is -0.540.